The summed E-state index contributed by atoms with van der Waals surface area (Å²) in [7, 11) is 0. The van der Waals surface area contributed by atoms with E-state index in [2.05, 4.69) is 15.9 Å². The van der Waals surface area contributed by atoms with Gasteiger partial charge in [-0.1, -0.05) is 23.7 Å². The number of hydrogen-bond donors (Lipinski definition) is 1. The van der Waals surface area contributed by atoms with Crippen LogP contribution in [0.15, 0.2) is 34.8 Å². The SMILES string of the molecule is OC(Cc1cccc(Cl)c1F)Cc1c(F)ccc(Br)c1F. The van der Waals surface area contributed by atoms with E-state index in [1.165, 1.54) is 18.2 Å². The zero-order valence-corrected chi connectivity index (χ0v) is 13.1. The van der Waals surface area contributed by atoms with E-state index in [4.69, 9.17) is 11.6 Å². The van der Waals surface area contributed by atoms with Gasteiger partial charge in [0.25, 0.3) is 0 Å². The highest BCUT2D eigenvalue weighted by Gasteiger charge is 2.18. The fourth-order valence-corrected chi connectivity index (χ4v) is 2.59. The Bertz CT molecular complexity index is 664. The van der Waals surface area contributed by atoms with Gasteiger partial charge >= 0.3 is 0 Å². The summed E-state index contributed by atoms with van der Waals surface area (Å²) in [6.45, 7) is 0. The summed E-state index contributed by atoms with van der Waals surface area (Å²) in [5, 5.41) is 9.90. The Morgan fingerprint density at radius 3 is 2.48 bits per heavy atom. The molecule has 2 rings (SSSR count). The number of hydrogen-bond acceptors (Lipinski definition) is 1. The Morgan fingerprint density at radius 1 is 1.05 bits per heavy atom. The lowest BCUT2D eigenvalue weighted by Gasteiger charge is -2.13. The highest BCUT2D eigenvalue weighted by Crippen LogP contribution is 2.24. The maximum absolute atomic E-state index is 13.8. The predicted octanol–water partition coefficient (Wildman–Crippen LogP) is 4.67. The van der Waals surface area contributed by atoms with Crippen LogP contribution >= 0.6 is 27.5 Å². The first-order valence-electron chi connectivity index (χ1n) is 6.13. The third-order valence-electron chi connectivity index (χ3n) is 3.07. The molecule has 0 fully saturated rings. The number of rotatable bonds is 4. The van der Waals surface area contributed by atoms with Crippen molar-refractivity contribution in [3.8, 4) is 0 Å². The van der Waals surface area contributed by atoms with Crippen LogP contribution in [0.4, 0.5) is 13.2 Å². The van der Waals surface area contributed by atoms with Crippen molar-refractivity contribution in [2.24, 2.45) is 0 Å². The van der Waals surface area contributed by atoms with Crippen molar-refractivity contribution in [1.29, 1.82) is 0 Å². The molecule has 1 unspecified atom stereocenters. The average molecular weight is 380 g/mol. The van der Waals surface area contributed by atoms with Crippen molar-refractivity contribution in [3.05, 3.63) is 68.4 Å². The molecule has 2 aromatic rings. The molecule has 0 aliphatic carbocycles. The molecule has 0 amide bonds. The first-order valence-corrected chi connectivity index (χ1v) is 7.30. The molecule has 0 spiro atoms. The molecule has 0 radical (unpaired) electrons. The van der Waals surface area contributed by atoms with E-state index < -0.39 is 23.6 Å². The molecule has 2 aromatic carbocycles. The summed E-state index contributed by atoms with van der Waals surface area (Å²) in [6, 6.07) is 6.76. The van der Waals surface area contributed by atoms with Crippen LogP contribution in [0.25, 0.3) is 0 Å². The highest BCUT2D eigenvalue weighted by molar-refractivity contribution is 9.10. The molecule has 0 saturated heterocycles. The number of benzene rings is 2. The lowest BCUT2D eigenvalue weighted by molar-refractivity contribution is 0.171. The molecule has 0 bridgehead atoms. The Labute approximate surface area is 133 Å². The highest BCUT2D eigenvalue weighted by atomic mass is 79.9. The maximum atomic E-state index is 13.8. The van der Waals surface area contributed by atoms with E-state index in [0.717, 1.165) is 6.07 Å². The summed E-state index contributed by atoms with van der Waals surface area (Å²) in [5.41, 5.74) is -0.0369. The number of aliphatic hydroxyl groups is 1. The Kier molecular flexibility index (Phi) is 5.30. The van der Waals surface area contributed by atoms with Gasteiger partial charge in [0.05, 0.1) is 15.6 Å². The van der Waals surface area contributed by atoms with Gasteiger partial charge in [0, 0.05) is 18.4 Å². The molecule has 0 aliphatic rings. The Hall–Kier alpha value is -1.04. The van der Waals surface area contributed by atoms with Gasteiger partial charge in [-0.05, 0) is 39.7 Å². The van der Waals surface area contributed by atoms with E-state index >= 15 is 0 Å². The smallest absolute Gasteiger partial charge is 0.145 e. The molecular formula is C15H11BrClF3O. The molecule has 0 heterocycles. The number of halogens is 5. The van der Waals surface area contributed by atoms with Crippen LogP contribution in [0, 0.1) is 17.5 Å². The molecule has 21 heavy (non-hydrogen) atoms. The standard InChI is InChI=1S/C15H11BrClF3O/c16-11-4-5-13(18)10(15(11)20)7-9(21)6-8-2-1-3-12(17)14(8)19/h1-5,9,21H,6-7H2. The van der Waals surface area contributed by atoms with Gasteiger partial charge in [0.15, 0.2) is 0 Å². The van der Waals surface area contributed by atoms with Crippen LogP contribution < -0.4 is 0 Å². The van der Waals surface area contributed by atoms with Gasteiger partial charge in [0.2, 0.25) is 0 Å². The largest absolute Gasteiger partial charge is 0.392 e. The molecular weight excluding hydrogens is 369 g/mol. The van der Waals surface area contributed by atoms with Crippen LogP contribution in [0.2, 0.25) is 5.02 Å². The summed E-state index contributed by atoms with van der Waals surface area (Å²) in [5.74, 6) is -2.14. The Morgan fingerprint density at radius 2 is 1.76 bits per heavy atom. The molecule has 0 aliphatic heterocycles. The summed E-state index contributed by atoms with van der Waals surface area (Å²) >= 11 is 8.60. The van der Waals surface area contributed by atoms with Crippen molar-refractivity contribution in [1.82, 2.24) is 0 Å². The van der Waals surface area contributed by atoms with E-state index in [1.807, 2.05) is 0 Å². The second kappa shape index (κ2) is 6.81. The molecule has 1 atom stereocenters. The van der Waals surface area contributed by atoms with Crippen molar-refractivity contribution < 1.29 is 18.3 Å². The topological polar surface area (TPSA) is 20.2 Å². The predicted molar refractivity (Wildman–Crippen MR) is 78.9 cm³/mol. The zero-order valence-electron chi connectivity index (χ0n) is 10.7. The van der Waals surface area contributed by atoms with Gasteiger partial charge in [-0.2, -0.15) is 0 Å². The van der Waals surface area contributed by atoms with Crippen molar-refractivity contribution in [2.75, 3.05) is 0 Å². The molecule has 1 N–H and O–H groups in total. The van der Waals surface area contributed by atoms with Crippen molar-refractivity contribution in [2.45, 2.75) is 18.9 Å². The zero-order chi connectivity index (χ0) is 15.6. The fraction of sp³-hybridized carbons (Fsp3) is 0.200. The van der Waals surface area contributed by atoms with Crippen LogP contribution in [0.5, 0.6) is 0 Å². The molecule has 1 nitrogen and oxygen atoms in total. The van der Waals surface area contributed by atoms with Crippen LogP contribution in [0.1, 0.15) is 11.1 Å². The van der Waals surface area contributed by atoms with Crippen molar-refractivity contribution >= 4 is 27.5 Å². The minimum Gasteiger partial charge on any atom is -0.392 e. The summed E-state index contributed by atoms with van der Waals surface area (Å²) in [4.78, 5) is 0. The van der Waals surface area contributed by atoms with Gasteiger partial charge in [-0.25, -0.2) is 13.2 Å². The summed E-state index contributed by atoms with van der Waals surface area (Å²) < 4.78 is 41.3. The molecule has 0 saturated carbocycles. The van der Waals surface area contributed by atoms with E-state index in [0.29, 0.717) is 0 Å². The van der Waals surface area contributed by atoms with E-state index in [1.54, 1.807) is 6.07 Å². The second-order valence-electron chi connectivity index (χ2n) is 4.60. The first-order chi connectivity index (χ1) is 9.90. The minimum atomic E-state index is -1.13. The van der Waals surface area contributed by atoms with Crippen molar-refractivity contribution in [3.63, 3.8) is 0 Å². The number of aliphatic hydroxyl groups excluding tert-OH is 1. The van der Waals surface area contributed by atoms with Gasteiger partial charge < -0.3 is 5.11 Å². The van der Waals surface area contributed by atoms with Gasteiger partial charge in [-0.3, -0.25) is 0 Å². The molecule has 0 aromatic heterocycles. The van der Waals surface area contributed by atoms with Crippen LogP contribution in [-0.2, 0) is 12.8 Å². The molecule has 6 heteroatoms. The fourth-order valence-electron chi connectivity index (χ4n) is 2.02. The normalized spacial score (nSPS) is 12.5. The van der Waals surface area contributed by atoms with Gasteiger partial charge in [0.1, 0.15) is 17.5 Å². The first kappa shape index (κ1) is 16.3. The molecule has 112 valence electrons. The second-order valence-corrected chi connectivity index (χ2v) is 5.86. The minimum absolute atomic E-state index is 0.0560. The average Bonchev–Trinajstić information content (AvgIpc) is 2.44. The lowest BCUT2D eigenvalue weighted by Crippen LogP contribution is -2.17. The monoisotopic (exact) mass is 378 g/mol. The van der Waals surface area contributed by atoms with Gasteiger partial charge in [-0.15, -0.1) is 0 Å². The lowest BCUT2D eigenvalue weighted by atomic mass is 10.0. The quantitative estimate of drug-likeness (QED) is 0.766. The van der Waals surface area contributed by atoms with Crippen LogP contribution in [0.3, 0.4) is 0 Å². The summed E-state index contributed by atoms with van der Waals surface area (Å²) in [6.07, 6.45) is -1.47. The van der Waals surface area contributed by atoms with E-state index in [9.17, 15) is 18.3 Å². The Balaban J connectivity index is 2.18. The third kappa shape index (κ3) is 3.78. The third-order valence-corrected chi connectivity index (χ3v) is 3.97. The van der Waals surface area contributed by atoms with Crippen LogP contribution in [-0.4, -0.2) is 11.2 Å². The van der Waals surface area contributed by atoms with E-state index in [-0.39, 0.29) is 33.5 Å². The maximum Gasteiger partial charge on any atom is 0.145 e.